The van der Waals surface area contributed by atoms with Gasteiger partial charge in [0.1, 0.15) is 13.2 Å². The first-order chi connectivity index (χ1) is 32.5. The third-order valence-electron chi connectivity index (χ3n) is 12.6. The van der Waals surface area contributed by atoms with Crippen LogP contribution in [0.1, 0.15) is 297 Å². The second kappa shape index (κ2) is 55.0. The van der Waals surface area contributed by atoms with E-state index < -0.39 is 6.10 Å². The lowest BCUT2D eigenvalue weighted by Crippen LogP contribution is -2.30. The number of esters is 3. The number of carbonyl (C=O) groups excluding carboxylic acids is 3. The average molecular weight is 926 g/mol. The van der Waals surface area contributed by atoms with Gasteiger partial charge >= 0.3 is 17.9 Å². The van der Waals surface area contributed by atoms with Crippen LogP contribution in [0.25, 0.3) is 0 Å². The molecule has 0 aliphatic heterocycles. The zero-order valence-electron chi connectivity index (χ0n) is 44.0. The van der Waals surface area contributed by atoms with Gasteiger partial charge in [0.25, 0.3) is 0 Å². The molecule has 0 fully saturated rings. The summed E-state index contributed by atoms with van der Waals surface area (Å²) in [5, 5.41) is 0. The van der Waals surface area contributed by atoms with E-state index in [0.717, 1.165) is 70.6 Å². The third-order valence-corrected chi connectivity index (χ3v) is 12.6. The monoisotopic (exact) mass is 925 g/mol. The predicted octanol–water partition coefficient (Wildman–Crippen LogP) is 19.0. The fourth-order valence-corrected chi connectivity index (χ4v) is 8.21. The Hall–Kier alpha value is -2.63. The highest BCUT2D eigenvalue weighted by atomic mass is 16.6. The van der Waals surface area contributed by atoms with Gasteiger partial charge in [-0.3, -0.25) is 14.4 Å². The molecule has 0 saturated heterocycles. The Morgan fingerprint density at radius 1 is 0.303 bits per heavy atom. The summed E-state index contributed by atoms with van der Waals surface area (Å²) in [5.74, 6) is -0.882. The van der Waals surface area contributed by atoms with E-state index in [1.54, 1.807) is 0 Å². The van der Waals surface area contributed by atoms with E-state index in [0.29, 0.717) is 19.3 Å². The van der Waals surface area contributed by atoms with Crippen LogP contribution < -0.4 is 0 Å². The van der Waals surface area contributed by atoms with Gasteiger partial charge in [-0.1, -0.05) is 243 Å². The van der Waals surface area contributed by atoms with Gasteiger partial charge in [0.05, 0.1) is 0 Å². The highest BCUT2D eigenvalue weighted by Gasteiger charge is 2.19. The maximum absolute atomic E-state index is 12.8. The van der Waals surface area contributed by atoms with E-state index in [4.69, 9.17) is 14.2 Å². The fraction of sp³-hybridized carbons (Fsp3) is 0.817. The van der Waals surface area contributed by atoms with Crippen molar-refractivity contribution in [2.24, 2.45) is 0 Å². The van der Waals surface area contributed by atoms with Crippen molar-refractivity contribution in [3.05, 3.63) is 48.6 Å². The molecule has 66 heavy (non-hydrogen) atoms. The van der Waals surface area contributed by atoms with Crippen molar-refractivity contribution in [1.29, 1.82) is 0 Å². The molecule has 0 heterocycles. The maximum atomic E-state index is 12.8. The number of carbonyl (C=O) groups is 3. The number of allylic oxidation sites excluding steroid dienone is 8. The highest BCUT2D eigenvalue weighted by Crippen LogP contribution is 2.15. The summed E-state index contributed by atoms with van der Waals surface area (Å²) in [7, 11) is 0. The summed E-state index contributed by atoms with van der Waals surface area (Å²) in [5.41, 5.74) is 0. The zero-order valence-corrected chi connectivity index (χ0v) is 44.0. The fourth-order valence-electron chi connectivity index (χ4n) is 8.21. The molecule has 0 amide bonds. The van der Waals surface area contributed by atoms with Gasteiger partial charge in [-0.2, -0.15) is 0 Å². The quantitative estimate of drug-likeness (QED) is 0.0262. The molecule has 0 aromatic rings. The van der Waals surface area contributed by atoms with Crippen molar-refractivity contribution in [2.75, 3.05) is 13.2 Å². The molecule has 6 heteroatoms. The first-order valence-corrected chi connectivity index (χ1v) is 28.6. The topological polar surface area (TPSA) is 78.9 Å². The summed E-state index contributed by atoms with van der Waals surface area (Å²) >= 11 is 0. The number of unbranched alkanes of at least 4 members (excludes halogenated alkanes) is 33. The second-order valence-electron chi connectivity index (χ2n) is 19.2. The Morgan fingerprint density at radius 2 is 0.545 bits per heavy atom. The van der Waals surface area contributed by atoms with Crippen molar-refractivity contribution >= 4 is 17.9 Å². The number of rotatable bonds is 52. The number of hydrogen-bond donors (Lipinski definition) is 0. The van der Waals surface area contributed by atoms with Gasteiger partial charge in [0.2, 0.25) is 0 Å². The van der Waals surface area contributed by atoms with Crippen LogP contribution in [-0.4, -0.2) is 37.2 Å². The Balaban J connectivity index is 4.16. The molecule has 384 valence electrons. The second-order valence-corrected chi connectivity index (χ2v) is 19.2. The number of hydrogen-bond acceptors (Lipinski definition) is 6. The van der Waals surface area contributed by atoms with Gasteiger partial charge < -0.3 is 14.2 Å². The molecule has 6 nitrogen and oxygen atoms in total. The first-order valence-electron chi connectivity index (χ1n) is 28.6. The molecule has 0 bridgehead atoms. The van der Waals surface area contributed by atoms with Crippen LogP contribution >= 0.6 is 0 Å². The molecule has 0 aromatic heterocycles. The average Bonchev–Trinajstić information content (AvgIpc) is 3.31. The summed E-state index contributed by atoms with van der Waals surface area (Å²) in [6, 6.07) is 0. The van der Waals surface area contributed by atoms with Crippen molar-refractivity contribution in [3.8, 4) is 0 Å². The predicted molar refractivity (Wildman–Crippen MR) is 284 cm³/mol. The Kier molecular flexibility index (Phi) is 52.8. The summed E-state index contributed by atoms with van der Waals surface area (Å²) in [6.45, 7) is 6.58. The lowest BCUT2D eigenvalue weighted by molar-refractivity contribution is -0.167. The summed E-state index contributed by atoms with van der Waals surface area (Å²) < 4.78 is 16.8. The van der Waals surface area contributed by atoms with Gasteiger partial charge in [-0.25, -0.2) is 0 Å². The van der Waals surface area contributed by atoms with Crippen LogP contribution in [0.5, 0.6) is 0 Å². The molecule has 0 aromatic carbocycles. The molecule has 0 aliphatic rings. The van der Waals surface area contributed by atoms with E-state index in [1.165, 1.54) is 186 Å². The minimum absolute atomic E-state index is 0.0751. The Morgan fingerprint density at radius 3 is 0.833 bits per heavy atom. The van der Waals surface area contributed by atoms with Gasteiger partial charge in [-0.15, -0.1) is 0 Å². The Bertz CT molecular complexity index is 1150. The van der Waals surface area contributed by atoms with Gasteiger partial charge in [0, 0.05) is 19.3 Å². The summed E-state index contributed by atoms with van der Waals surface area (Å²) in [4.78, 5) is 37.9. The number of ether oxygens (including phenoxy) is 3. The maximum Gasteiger partial charge on any atom is 0.306 e. The van der Waals surface area contributed by atoms with Gasteiger partial charge in [-0.05, 0) is 83.5 Å². The van der Waals surface area contributed by atoms with Crippen LogP contribution in [-0.2, 0) is 28.6 Å². The van der Waals surface area contributed by atoms with Crippen LogP contribution in [0.15, 0.2) is 48.6 Å². The smallest absolute Gasteiger partial charge is 0.306 e. The molecule has 1 atom stereocenters. The lowest BCUT2D eigenvalue weighted by atomic mass is 10.1. The Labute approximate surface area is 409 Å². The molecule has 0 saturated carbocycles. The summed E-state index contributed by atoms with van der Waals surface area (Å²) in [6.07, 6.45) is 67.0. The molecular weight excluding hydrogens is 817 g/mol. The first kappa shape index (κ1) is 63.4. The molecular formula is C60H108O6. The molecule has 0 spiro atoms. The molecule has 0 aliphatic carbocycles. The minimum atomic E-state index is -0.773. The van der Waals surface area contributed by atoms with Crippen LogP contribution in [0, 0.1) is 0 Å². The van der Waals surface area contributed by atoms with E-state index in [2.05, 4.69) is 69.4 Å². The van der Waals surface area contributed by atoms with Crippen LogP contribution in [0.2, 0.25) is 0 Å². The highest BCUT2D eigenvalue weighted by molar-refractivity contribution is 5.71. The van der Waals surface area contributed by atoms with Crippen molar-refractivity contribution in [3.63, 3.8) is 0 Å². The SMILES string of the molecule is CCCCCCC/C=C\C/C=C\CCCCCCCCCCCC(=O)OCC(COC(=O)CCCCCCCC)OC(=O)CCCCCCCCCCC/C=C\C/C=C\CCCCCCC. The van der Waals surface area contributed by atoms with Crippen LogP contribution in [0.3, 0.4) is 0 Å². The standard InChI is InChI=1S/C60H108O6/c1-4-7-10-13-16-18-20-22-24-26-28-30-32-34-36-38-40-42-44-47-50-53-59(62)65-56-57(55-64-58(61)52-49-46-15-12-9-6-3)66-60(63)54-51-48-45-43-41-39-37-35-33-31-29-27-25-23-21-19-17-14-11-8-5-2/h20-23,26-29,57H,4-19,24-25,30-56H2,1-3H3/b22-20-,23-21-,28-26-,29-27-. The van der Waals surface area contributed by atoms with E-state index in [-0.39, 0.29) is 31.1 Å². The van der Waals surface area contributed by atoms with E-state index >= 15 is 0 Å². The van der Waals surface area contributed by atoms with Crippen LogP contribution in [0.4, 0.5) is 0 Å². The zero-order chi connectivity index (χ0) is 47.9. The largest absolute Gasteiger partial charge is 0.462 e. The van der Waals surface area contributed by atoms with E-state index in [9.17, 15) is 14.4 Å². The minimum Gasteiger partial charge on any atom is -0.462 e. The molecule has 1 unspecified atom stereocenters. The molecule has 0 rings (SSSR count). The van der Waals surface area contributed by atoms with E-state index in [1.807, 2.05) is 0 Å². The molecule has 0 radical (unpaired) electrons. The molecule has 0 N–H and O–H groups in total. The third kappa shape index (κ3) is 52.3. The lowest BCUT2D eigenvalue weighted by Gasteiger charge is -2.18. The van der Waals surface area contributed by atoms with Crippen molar-refractivity contribution in [1.82, 2.24) is 0 Å². The normalized spacial score (nSPS) is 12.3. The van der Waals surface area contributed by atoms with Crippen molar-refractivity contribution in [2.45, 2.75) is 303 Å². The van der Waals surface area contributed by atoms with Crippen molar-refractivity contribution < 1.29 is 28.6 Å². The van der Waals surface area contributed by atoms with Gasteiger partial charge in [0.15, 0.2) is 6.10 Å².